The molecular formula is C21H21N3O5S. The molecule has 0 unspecified atom stereocenters. The van der Waals surface area contributed by atoms with Crippen molar-refractivity contribution in [1.82, 2.24) is 9.97 Å². The van der Waals surface area contributed by atoms with Gasteiger partial charge in [0.2, 0.25) is 5.75 Å². The second-order valence-electron chi connectivity index (χ2n) is 6.91. The highest BCUT2D eigenvalue weighted by atomic mass is 32.1. The number of methoxy groups -OCH3 is 1. The standard InChI is InChI=1S/C21H21N3O5S/c1-12(25)28-19-16(27-2)9-10-22-18(19)20(26)24-21-23-15-8-7-14(11-17(15)30-21)29-13-5-3-4-6-13/h7-11,13H,3-6H2,1-2H3,(H,23,24,26). The zero-order valence-corrected chi connectivity index (χ0v) is 17.5. The first-order chi connectivity index (χ1) is 14.5. The number of fused-ring (bicyclic) bond motifs is 1. The maximum Gasteiger partial charge on any atom is 0.308 e. The first kappa shape index (κ1) is 20.1. The molecule has 0 saturated heterocycles. The summed E-state index contributed by atoms with van der Waals surface area (Å²) < 4.78 is 17.3. The van der Waals surface area contributed by atoms with Crippen molar-refractivity contribution in [3.8, 4) is 17.2 Å². The van der Waals surface area contributed by atoms with Crippen LogP contribution in [0.4, 0.5) is 5.13 Å². The van der Waals surface area contributed by atoms with Crippen LogP contribution in [0.15, 0.2) is 30.5 Å². The molecule has 30 heavy (non-hydrogen) atoms. The Labute approximate surface area is 177 Å². The largest absolute Gasteiger partial charge is 0.493 e. The summed E-state index contributed by atoms with van der Waals surface area (Å²) in [6, 6.07) is 7.22. The molecule has 2 aromatic heterocycles. The third-order valence-corrected chi connectivity index (χ3v) is 5.67. The molecule has 1 saturated carbocycles. The fourth-order valence-electron chi connectivity index (χ4n) is 3.38. The highest BCUT2D eigenvalue weighted by molar-refractivity contribution is 7.22. The molecule has 1 amide bonds. The molecule has 0 aliphatic heterocycles. The van der Waals surface area contributed by atoms with Gasteiger partial charge in [0.25, 0.3) is 5.91 Å². The van der Waals surface area contributed by atoms with Crippen LogP contribution >= 0.6 is 11.3 Å². The average Bonchev–Trinajstić information content (AvgIpc) is 3.36. The number of rotatable bonds is 6. The van der Waals surface area contributed by atoms with Crippen molar-refractivity contribution in [2.75, 3.05) is 12.4 Å². The Morgan fingerprint density at radius 2 is 2.00 bits per heavy atom. The van der Waals surface area contributed by atoms with E-state index in [1.165, 1.54) is 50.5 Å². The smallest absolute Gasteiger partial charge is 0.308 e. The number of aromatic nitrogens is 2. The van der Waals surface area contributed by atoms with Crippen molar-refractivity contribution in [1.29, 1.82) is 0 Å². The molecule has 1 fully saturated rings. The van der Waals surface area contributed by atoms with E-state index in [0.717, 1.165) is 28.8 Å². The molecule has 8 nitrogen and oxygen atoms in total. The van der Waals surface area contributed by atoms with E-state index in [2.05, 4.69) is 15.3 Å². The predicted octanol–water partition coefficient (Wildman–Crippen LogP) is 4.20. The van der Waals surface area contributed by atoms with Crippen LogP contribution in [0.1, 0.15) is 43.1 Å². The normalized spacial score (nSPS) is 13.9. The van der Waals surface area contributed by atoms with E-state index in [-0.39, 0.29) is 23.3 Å². The second-order valence-corrected chi connectivity index (χ2v) is 7.94. The van der Waals surface area contributed by atoms with Crippen molar-refractivity contribution in [3.63, 3.8) is 0 Å². The molecule has 1 aliphatic rings. The summed E-state index contributed by atoms with van der Waals surface area (Å²) in [6.45, 7) is 1.24. The fraction of sp³-hybridized carbons (Fsp3) is 0.333. The summed E-state index contributed by atoms with van der Waals surface area (Å²) in [5, 5.41) is 3.13. The van der Waals surface area contributed by atoms with Crippen LogP contribution in [0.3, 0.4) is 0 Å². The molecule has 1 aromatic carbocycles. The van der Waals surface area contributed by atoms with Gasteiger partial charge in [0.1, 0.15) is 5.75 Å². The Hall–Kier alpha value is -3.20. The SMILES string of the molecule is COc1ccnc(C(=O)Nc2nc3ccc(OC4CCCC4)cc3s2)c1OC(C)=O. The van der Waals surface area contributed by atoms with Gasteiger partial charge in [-0.25, -0.2) is 9.97 Å². The van der Waals surface area contributed by atoms with E-state index < -0.39 is 11.9 Å². The number of nitrogens with zero attached hydrogens (tertiary/aromatic N) is 2. The number of pyridine rings is 1. The molecule has 156 valence electrons. The van der Waals surface area contributed by atoms with E-state index in [0.29, 0.717) is 5.13 Å². The molecule has 0 radical (unpaired) electrons. The average molecular weight is 427 g/mol. The van der Waals surface area contributed by atoms with Gasteiger partial charge in [-0.05, 0) is 43.9 Å². The summed E-state index contributed by atoms with van der Waals surface area (Å²) in [6.07, 6.45) is 6.26. The summed E-state index contributed by atoms with van der Waals surface area (Å²) >= 11 is 1.33. The molecule has 0 spiro atoms. The van der Waals surface area contributed by atoms with Crippen LogP contribution in [0.25, 0.3) is 10.2 Å². The molecule has 3 aromatic rings. The molecule has 2 heterocycles. The number of ether oxygens (including phenoxy) is 3. The van der Waals surface area contributed by atoms with Crippen LogP contribution in [0.5, 0.6) is 17.2 Å². The monoisotopic (exact) mass is 427 g/mol. The zero-order chi connectivity index (χ0) is 21.1. The topological polar surface area (TPSA) is 99.6 Å². The van der Waals surface area contributed by atoms with E-state index in [4.69, 9.17) is 14.2 Å². The molecule has 0 atom stereocenters. The van der Waals surface area contributed by atoms with Crippen LogP contribution < -0.4 is 19.5 Å². The van der Waals surface area contributed by atoms with Crippen molar-refractivity contribution >= 4 is 38.6 Å². The Morgan fingerprint density at radius 3 is 2.73 bits per heavy atom. The van der Waals surface area contributed by atoms with Gasteiger partial charge in [-0.15, -0.1) is 0 Å². The van der Waals surface area contributed by atoms with Gasteiger partial charge in [-0.1, -0.05) is 11.3 Å². The van der Waals surface area contributed by atoms with E-state index in [1.54, 1.807) is 0 Å². The molecule has 4 rings (SSSR count). The minimum Gasteiger partial charge on any atom is -0.493 e. The minimum absolute atomic E-state index is 0.0293. The highest BCUT2D eigenvalue weighted by Gasteiger charge is 2.22. The number of thiazole rings is 1. The molecule has 0 bridgehead atoms. The van der Waals surface area contributed by atoms with Gasteiger partial charge in [-0.2, -0.15) is 0 Å². The first-order valence-corrected chi connectivity index (χ1v) is 10.4. The van der Waals surface area contributed by atoms with Crippen molar-refractivity contribution in [3.05, 3.63) is 36.2 Å². The van der Waals surface area contributed by atoms with Gasteiger partial charge < -0.3 is 14.2 Å². The number of nitrogens with one attached hydrogen (secondary N) is 1. The van der Waals surface area contributed by atoms with E-state index >= 15 is 0 Å². The lowest BCUT2D eigenvalue weighted by molar-refractivity contribution is -0.132. The number of hydrogen-bond acceptors (Lipinski definition) is 8. The van der Waals surface area contributed by atoms with Crippen molar-refractivity contribution < 1.29 is 23.8 Å². The summed E-state index contributed by atoms with van der Waals surface area (Å²) in [5.74, 6) is -0.110. The van der Waals surface area contributed by atoms with Crippen molar-refractivity contribution in [2.24, 2.45) is 0 Å². The lowest BCUT2D eigenvalue weighted by Gasteiger charge is -2.12. The third kappa shape index (κ3) is 4.35. The first-order valence-electron chi connectivity index (χ1n) is 9.63. The summed E-state index contributed by atoms with van der Waals surface area (Å²) in [7, 11) is 1.42. The highest BCUT2D eigenvalue weighted by Crippen LogP contribution is 2.33. The number of amides is 1. The lowest BCUT2D eigenvalue weighted by Crippen LogP contribution is -2.17. The molecule has 1 aliphatic carbocycles. The van der Waals surface area contributed by atoms with Gasteiger partial charge in [0, 0.05) is 19.2 Å². The Morgan fingerprint density at radius 1 is 1.20 bits per heavy atom. The van der Waals surface area contributed by atoms with Crippen LogP contribution in [0.2, 0.25) is 0 Å². The number of hydrogen-bond donors (Lipinski definition) is 1. The Kier molecular flexibility index (Phi) is 5.80. The van der Waals surface area contributed by atoms with Crippen LogP contribution in [-0.2, 0) is 4.79 Å². The van der Waals surface area contributed by atoms with E-state index in [1.807, 2.05) is 18.2 Å². The fourth-order valence-corrected chi connectivity index (χ4v) is 4.27. The maximum atomic E-state index is 12.8. The number of benzene rings is 1. The number of esters is 1. The number of anilines is 1. The third-order valence-electron chi connectivity index (χ3n) is 4.73. The predicted molar refractivity (Wildman–Crippen MR) is 113 cm³/mol. The minimum atomic E-state index is -0.579. The Balaban J connectivity index is 1.55. The van der Waals surface area contributed by atoms with Gasteiger partial charge >= 0.3 is 5.97 Å². The molecular weight excluding hydrogens is 406 g/mol. The maximum absolute atomic E-state index is 12.8. The van der Waals surface area contributed by atoms with Gasteiger partial charge in [0.15, 0.2) is 16.6 Å². The Bertz CT molecular complexity index is 1090. The van der Waals surface area contributed by atoms with Crippen LogP contribution in [-0.4, -0.2) is 35.1 Å². The zero-order valence-electron chi connectivity index (χ0n) is 16.6. The number of carbonyl (C=O) groups is 2. The molecule has 1 N–H and O–H groups in total. The quantitative estimate of drug-likeness (QED) is 0.589. The summed E-state index contributed by atoms with van der Waals surface area (Å²) in [5.41, 5.74) is 0.696. The van der Waals surface area contributed by atoms with Crippen LogP contribution in [0, 0.1) is 0 Å². The molecule has 9 heteroatoms. The summed E-state index contributed by atoms with van der Waals surface area (Å²) in [4.78, 5) is 32.7. The number of carbonyl (C=O) groups excluding carboxylic acids is 2. The van der Waals surface area contributed by atoms with E-state index in [9.17, 15) is 9.59 Å². The second kappa shape index (κ2) is 8.66. The van der Waals surface area contributed by atoms with Gasteiger partial charge in [0.05, 0.1) is 23.4 Å². The lowest BCUT2D eigenvalue weighted by atomic mass is 10.3. The van der Waals surface area contributed by atoms with Crippen molar-refractivity contribution in [2.45, 2.75) is 38.7 Å². The van der Waals surface area contributed by atoms with Gasteiger partial charge in [-0.3, -0.25) is 14.9 Å².